The van der Waals surface area contributed by atoms with E-state index in [2.05, 4.69) is 12.2 Å². The molecular weight excluding hydrogens is 308 g/mol. The van der Waals surface area contributed by atoms with Crippen molar-refractivity contribution >= 4 is 12.0 Å². The van der Waals surface area contributed by atoms with Crippen LogP contribution in [0.4, 0.5) is 4.79 Å². The number of likely N-dealkylation sites (tertiary alicyclic amines) is 1. The molecule has 2 atom stereocenters. The first kappa shape index (κ1) is 16.6. The molecule has 130 valence electrons. The highest BCUT2D eigenvalue weighted by Crippen LogP contribution is 2.36. The van der Waals surface area contributed by atoms with Gasteiger partial charge in [0, 0.05) is 25.1 Å². The van der Waals surface area contributed by atoms with E-state index in [0.29, 0.717) is 19.6 Å². The zero-order valence-electron chi connectivity index (χ0n) is 14.2. The molecule has 0 spiro atoms. The summed E-state index contributed by atoms with van der Waals surface area (Å²) >= 11 is 0. The number of ether oxygens (including phenoxy) is 1. The van der Waals surface area contributed by atoms with Crippen molar-refractivity contribution in [2.45, 2.75) is 39.2 Å². The molecule has 1 aromatic carbocycles. The third-order valence-electron chi connectivity index (χ3n) is 5.11. The summed E-state index contributed by atoms with van der Waals surface area (Å²) in [6.45, 7) is 5.07. The third kappa shape index (κ3) is 2.92. The minimum absolute atomic E-state index is 0.0931. The molecule has 0 aromatic heterocycles. The van der Waals surface area contributed by atoms with Gasteiger partial charge in [0.15, 0.2) is 0 Å². The van der Waals surface area contributed by atoms with E-state index in [1.54, 1.807) is 11.8 Å². The molecule has 2 unspecified atom stereocenters. The molecule has 3 rings (SSSR count). The Morgan fingerprint density at radius 2 is 2.25 bits per heavy atom. The standard InChI is InChI=1S/C18H24N2O4/c1-3-12-5-4-6-13-14(7-10-24-15(12)13)19-17(23)20-9-8-18(2,11-20)16(21)22/h4-6,14H,3,7-11H2,1-2H3,(H,19,23)(H,21,22). The first-order valence-corrected chi connectivity index (χ1v) is 8.48. The van der Waals surface area contributed by atoms with Crippen molar-refractivity contribution in [1.82, 2.24) is 10.2 Å². The van der Waals surface area contributed by atoms with Crippen molar-refractivity contribution in [3.63, 3.8) is 0 Å². The summed E-state index contributed by atoms with van der Waals surface area (Å²) in [6, 6.07) is 5.73. The Hall–Kier alpha value is -2.24. The maximum atomic E-state index is 12.6. The van der Waals surface area contributed by atoms with Crippen molar-refractivity contribution in [2.75, 3.05) is 19.7 Å². The molecule has 2 amide bonds. The second kappa shape index (κ2) is 6.34. The number of hydrogen-bond donors (Lipinski definition) is 2. The predicted molar refractivity (Wildman–Crippen MR) is 89.1 cm³/mol. The zero-order valence-corrected chi connectivity index (χ0v) is 14.2. The Morgan fingerprint density at radius 3 is 2.92 bits per heavy atom. The quantitative estimate of drug-likeness (QED) is 0.892. The molecule has 0 aliphatic carbocycles. The lowest BCUT2D eigenvalue weighted by Crippen LogP contribution is -2.43. The number of nitrogens with one attached hydrogen (secondary N) is 1. The Morgan fingerprint density at radius 1 is 1.46 bits per heavy atom. The number of carboxylic acids is 1. The van der Waals surface area contributed by atoms with E-state index in [9.17, 15) is 14.7 Å². The van der Waals surface area contributed by atoms with Crippen LogP contribution >= 0.6 is 0 Å². The lowest BCUT2D eigenvalue weighted by Gasteiger charge is -2.30. The highest BCUT2D eigenvalue weighted by molar-refractivity contribution is 5.79. The molecular formula is C18H24N2O4. The van der Waals surface area contributed by atoms with Crippen molar-refractivity contribution in [3.05, 3.63) is 29.3 Å². The molecule has 6 heteroatoms. The van der Waals surface area contributed by atoms with Crippen LogP contribution in [0.5, 0.6) is 5.75 Å². The van der Waals surface area contributed by atoms with E-state index in [-0.39, 0.29) is 18.6 Å². The second-order valence-corrected chi connectivity index (χ2v) is 6.87. The molecule has 1 aromatic rings. The van der Waals surface area contributed by atoms with Gasteiger partial charge in [-0.25, -0.2) is 4.79 Å². The van der Waals surface area contributed by atoms with E-state index in [1.165, 1.54) is 0 Å². The van der Waals surface area contributed by atoms with Gasteiger partial charge in [-0.15, -0.1) is 0 Å². The molecule has 6 nitrogen and oxygen atoms in total. The highest BCUT2D eigenvalue weighted by Gasteiger charge is 2.42. The molecule has 2 aliphatic rings. The monoisotopic (exact) mass is 332 g/mol. The normalized spacial score (nSPS) is 25.8. The van der Waals surface area contributed by atoms with Gasteiger partial charge in [0.1, 0.15) is 5.75 Å². The Labute approximate surface area is 141 Å². The van der Waals surface area contributed by atoms with Gasteiger partial charge in [-0.2, -0.15) is 0 Å². The van der Waals surface area contributed by atoms with Gasteiger partial charge in [0.2, 0.25) is 0 Å². The van der Waals surface area contributed by atoms with E-state index in [0.717, 1.165) is 29.7 Å². The van der Waals surface area contributed by atoms with Crippen LogP contribution < -0.4 is 10.1 Å². The maximum Gasteiger partial charge on any atom is 0.317 e. The van der Waals surface area contributed by atoms with Gasteiger partial charge < -0.3 is 20.1 Å². The molecule has 0 saturated carbocycles. The number of amides is 2. The van der Waals surface area contributed by atoms with E-state index >= 15 is 0 Å². The molecule has 24 heavy (non-hydrogen) atoms. The highest BCUT2D eigenvalue weighted by atomic mass is 16.5. The Kier molecular flexibility index (Phi) is 4.39. The van der Waals surface area contributed by atoms with Crippen LogP contribution in [0, 0.1) is 5.41 Å². The maximum absolute atomic E-state index is 12.6. The number of urea groups is 1. The van der Waals surface area contributed by atoms with Gasteiger partial charge in [0.05, 0.1) is 18.1 Å². The van der Waals surface area contributed by atoms with E-state index < -0.39 is 11.4 Å². The number of para-hydroxylation sites is 1. The summed E-state index contributed by atoms with van der Waals surface area (Å²) in [5.41, 5.74) is 1.31. The summed E-state index contributed by atoms with van der Waals surface area (Å²) in [6.07, 6.45) is 2.09. The fraction of sp³-hybridized carbons (Fsp3) is 0.556. The summed E-state index contributed by atoms with van der Waals surface area (Å²) in [4.78, 5) is 25.5. The summed E-state index contributed by atoms with van der Waals surface area (Å²) in [5, 5.41) is 12.4. The molecule has 1 fully saturated rings. The van der Waals surface area contributed by atoms with Crippen LogP contribution in [0.25, 0.3) is 0 Å². The number of carboxylic acid groups (broad SMARTS) is 1. The number of fused-ring (bicyclic) bond motifs is 1. The third-order valence-corrected chi connectivity index (χ3v) is 5.11. The van der Waals surface area contributed by atoms with Crippen LogP contribution in [0.1, 0.15) is 43.9 Å². The van der Waals surface area contributed by atoms with Crippen molar-refractivity contribution in [1.29, 1.82) is 0 Å². The average molecular weight is 332 g/mol. The summed E-state index contributed by atoms with van der Waals surface area (Å²) < 4.78 is 5.80. The molecule has 2 aliphatic heterocycles. The Bertz CT molecular complexity index is 660. The summed E-state index contributed by atoms with van der Waals surface area (Å²) in [5.74, 6) is 0.0372. The summed E-state index contributed by atoms with van der Waals surface area (Å²) in [7, 11) is 0. The van der Waals surface area contributed by atoms with Gasteiger partial charge in [-0.05, 0) is 25.3 Å². The Balaban J connectivity index is 1.72. The van der Waals surface area contributed by atoms with Crippen molar-refractivity contribution < 1.29 is 19.4 Å². The van der Waals surface area contributed by atoms with E-state index in [1.807, 2.05) is 18.2 Å². The number of rotatable bonds is 3. The van der Waals surface area contributed by atoms with Crippen LogP contribution in [0.3, 0.4) is 0 Å². The first-order chi connectivity index (χ1) is 11.4. The van der Waals surface area contributed by atoms with Crippen LogP contribution in [-0.2, 0) is 11.2 Å². The van der Waals surface area contributed by atoms with Gasteiger partial charge >= 0.3 is 12.0 Å². The van der Waals surface area contributed by atoms with Gasteiger partial charge in [0.25, 0.3) is 0 Å². The molecule has 0 bridgehead atoms. The minimum Gasteiger partial charge on any atom is -0.493 e. The number of aliphatic carboxylic acids is 1. The number of hydrogen-bond acceptors (Lipinski definition) is 3. The number of carbonyl (C=O) groups excluding carboxylic acids is 1. The molecule has 2 heterocycles. The lowest BCUT2D eigenvalue weighted by atomic mass is 9.90. The smallest absolute Gasteiger partial charge is 0.317 e. The van der Waals surface area contributed by atoms with Crippen molar-refractivity contribution in [3.8, 4) is 5.75 Å². The van der Waals surface area contributed by atoms with Crippen LogP contribution in [0.15, 0.2) is 18.2 Å². The predicted octanol–water partition coefficient (Wildman–Crippen LogP) is 2.58. The molecule has 2 N–H and O–H groups in total. The van der Waals surface area contributed by atoms with Crippen molar-refractivity contribution in [2.24, 2.45) is 5.41 Å². The molecule has 1 saturated heterocycles. The van der Waals surface area contributed by atoms with E-state index in [4.69, 9.17) is 4.74 Å². The van der Waals surface area contributed by atoms with Crippen LogP contribution in [-0.4, -0.2) is 41.7 Å². The fourth-order valence-corrected chi connectivity index (χ4v) is 3.47. The van der Waals surface area contributed by atoms with Gasteiger partial charge in [-0.1, -0.05) is 25.1 Å². The zero-order chi connectivity index (χ0) is 17.3. The fourth-order valence-electron chi connectivity index (χ4n) is 3.47. The number of carbonyl (C=O) groups is 2. The largest absolute Gasteiger partial charge is 0.493 e. The van der Waals surface area contributed by atoms with Gasteiger partial charge in [-0.3, -0.25) is 4.79 Å². The number of benzene rings is 1. The minimum atomic E-state index is -0.847. The average Bonchev–Trinajstić information content (AvgIpc) is 2.98. The van der Waals surface area contributed by atoms with Crippen LogP contribution in [0.2, 0.25) is 0 Å². The topological polar surface area (TPSA) is 78.9 Å². The SMILES string of the molecule is CCc1cccc2c1OCCC2NC(=O)N1CCC(C)(C(=O)O)C1. The molecule has 0 radical (unpaired) electrons. The second-order valence-electron chi connectivity index (χ2n) is 6.87. The lowest BCUT2D eigenvalue weighted by molar-refractivity contribution is -0.147. The number of aryl methyl sites for hydroxylation is 1. The first-order valence-electron chi connectivity index (χ1n) is 8.48. The number of nitrogens with zero attached hydrogens (tertiary/aromatic N) is 1.